The van der Waals surface area contributed by atoms with Crippen molar-refractivity contribution in [1.29, 1.82) is 5.53 Å². The van der Waals surface area contributed by atoms with Crippen LogP contribution in [-0.2, 0) is 9.59 Å². The number of hydrogen-bond donors (Lipinski definition) is 4. The predicted molar refractivity (Wildman–Crippen MR) is 89.7 cm³/mol. The lowest BCUT2D eigenvalue weighted by Crippen LogP contribution is -2.40. The van der Waals surface area contributed by atoms with E-state index in [4.69, 9.17) is 10.6 Å². The maximum Gasteiger partial charge on any atom is 0.322 e. The third-order valence-corrected chi connectivity index (χ3v) is 4.40. The number of rotatable bonds is 6. The molecule has 24 heavy (non-hydrogen) atoms. The van der Waals surface area contributed by atoms with Gasteiger partial charge in [-0.2, -0.15) is 0 Å². The number of carbonyl (C=O) groups is 2. The van der Waals surface area contributed by atoms with Crippen molar-refractivity contribution in [2.45, 2.75) is 76.3 Å². The van der Waals surface area contributed by atoms with Crippen LogP contribution >= 0.6 is 0 Å². The minimum absolute atomic E-state index is 0.309. The van der Waals surface area contributed by atoms with Gasteiger partial charge in [0.1, 0.15) is 17.2 Å². The van der Waals surface area contributed by atoms with E-state index in [1.54, 1.807) is 0 Å². The van der Waals surface area contributed by atoms with Gasteiger partial charge in [0.15, 0.2) is 0 Å². The summed E-state index contributed by atoms with van der Waals surface area (Å²) in [6, 6.07) is 1.74. The number of carboxylic acids is 1. The lowest BCUT2D eigenvalue weighted by atomic mass is 9.91. The zero-order valence-corrected chi connectivity index (χ0v) is 14.3. The summed E-state index contributed by atoms with van der Waals surface area (Å²) < 4.78 is 0. The van der Waals surface area contributed by atoms with Gasteiger partial charge in [0.05, 0.1) is 0 Å². The van der Waals surface area contributed by atoms with E-state index in [1.807, 2.05) is 5.32 Å². The third-order valence-electron chi connectivity index (χ3n) is 4.40. The molecular formula is C16H30N5O3+. The minimum Gasteiger partial charge on any atom is -0.480 e. The molecule has 8 nitrogen and oxygen atoms in total. The first-order valence-electron chi connectivity index (χ1n) is 8.89. The van der Waals surface area contributed by atoms with Gasteiger partial charge in [-0.15, -0.1) is 0 Å². The number of carboxylic acid groups (broad SMARTS) is 1. The van der Waals surface area contributed by atoms with E-state index < -0.39 is 18.4 Å². The fourth-order valence-electron chi connectivity index (χ4n) is 3.20. The van der Waals surface area contributed by atoms with Crippen LogP contribution in [-0.4, -0.2) is 42.2 Å². The summed E-state index contributed by atoms with van der Waals surface area (Å²) in [7, 11) is 0. The topological polar surface area (TPSA) is 129 Å². The number of aliphatic carboxylic acids is 1. The van der Waals surface area contributed by atoms with Crippen LogP contribution < -0.4 is 15.5 Å². The van der Waals surface area contributed by atoms with Gasteiger partial charge in [0.25, 0.3) is 0 Å². The molecule has 4 N–H and O–H groups in total. The Morgan fingerprint density at radius 1 is 1.00 bits per heavy atom. The van der Waals surface area contributed by atoms with Crippen LogP contribution in [0.4, 0.5) is 0 Å². The number of hydrogen-bond acceptors (Lipinski definition) is 5. The third kappa shape index (κ3) is 10.1. The molecule has 0 aromatic rings. The predicted octanol–water partition coefficient (Wildman–Crippen LogP) is 1.98. The Morgan fingerprint density at radius 2 is 1.50 bits per heavy atom. The van der Waals surface area contributed by atoms with Gasteiger partial charge in [-0.3, -0.25) is 9.59 Å². The summed E-state index contributed by atoms with van der Waals surface area (Å²) in [5, 5.41) is 17.0. The average Bonchev–Trinajstić information content (AvgIpc) is 2.60. The van der Waals surface area contributed by atoms with E-state index in [0.29, 0.717) is 0 Å². The molecule has 2 rings (SSSR count). The van der Waals surface area contributed by atoms with E-state index in [-0.39, 0.29) is 6.54 Å². The first-order chi connectivity index (χ1) is 11.6. The van der Waals surface area contributed by atoms with E-state index in [2.05, 4.69) is 15.3 Å². The second kappa shape index (κ2) is 12.6. The molecule has 8 heteroatoms. The van der Waals surface area contributed by atoms with Crippen LogP contribution in [0.5, 0.6) is 0 Å². The first kappa shape index (κ1) is 20.3. The molecule has 0 atom stereocenters. The molecule has 0 radical (unpaired) electrons. The first-order valence-corrected chi connectivity index (χ1v) is 8.89. The van der Waals surface area contributed by atoms with Crippen molar-refractivity contribution in [3.05, 3.63) is 0 Å². The molecule has 136 valence electrons. The van der Waals surface area contributed by atoms with Crippen LogP contribution in [0.25, 0.3) is 0 Å². The number of carbonyl (C=O) groups excluding carboxylic acids is 1. The van der Waals surface area contributed by atoms with Crippen molar-refractivity contribution in [1.82, 2.24) is 15.5 Å². The van der Waals surface area contributed by atoms with Gasteiger partial charge in [-0.1, -0.05) is 38.5 Å². The number of nitrogens with one attached hydrogen (secondary N) is 3. The molecule has 0 heterocycles. The fraction of sp³-hybridized carbons (Fsp3) is 0.875. The highest BCUT2D eigenvalue weighted by atomic mass is 16.4. The molecule has 0 bridgehead atoms. The summed E-state index contributed by atoms with van der Waals surface area (Å²) in [6.07, 6.45) is 14.6. The van der Waals surface area contributed by atoms with Crippen LogP contribution in [0.3, 0.4) is 0 Å². The van der Waals surface area contributed by atoms with Crippen LogP contribution in [0.15, 0.2) is 5.11 Å². The van der Waals surface area contributed by atoms with E-state index in [9.17, 15) is 9.59 Å². The number of amides is 1. The molecule has 0 aromatic carbocycles. The Hall–Kier alpha value is -1.79. The van der Waals surface area contributed by atoms with Gasteiger partial charge < -0.3 is 15.7 Å². The molecular weight excluding hydrogens is 310 g/mol. The Bertz CT molecular complexity index is 409. The summed E-state index contributed by atoms with van der Waals surface area (Å²) in [5.41, 5.74) is 6.17. The Morgan fingerprint density at radius 3 is 1.92 bits per heavy atom. The highest BCUT2D eigenvalue weighted by Crippen LogP contribution is 2.22. The molecule has 0 aliphatic heterocycles. The quantitative estimate of drug-likeness (QED) is 0.435. The van der Waals surface area contributed by atoms with Crippen molar-refractivity contribution in [2.24, 2.45) is 5.11 Å². The molecule has 0 spiro atoms. The number of nitrogens with zero attached hydrogens (tertiary/aromatic N) is 2. The van der Waals surface area contributed by atoms with Crippen molar-refractivity contribution in [3.8, 4) is 0 Å². The van der Waals surface area contributed by atoms with Crippen molar-refractivity contribution < 1.29 is 14.7 Å². The Balaban J connectivity index is 0.000000245. The fourth-order valence-corrected chi connectivity index (χ4v) is 3.20. The lowest BCUT2D eigenvalue weighted by Gasteiger charge is -2.30. The highest BCUT2D eigenvalue weighted by molar-refractivity contribution is 5.82. The zero-order chi connectivity index (χ0) is 17.6. The molecule has 2 saturated carbocycles. The highest BCUT2D eigenvalue weighted by Gasteiger charge is 2.19. The second-order valence-electron chi connectivity index (χ2n) is 6.41. The van der Waals surface area contributed by atoms with Crippen molar-refractivity contribution >= 4 is 11.9 Å². The molecule has 2 aliphatic carbocycles. The van der Waals surface area contributed by atoms with E-state index in [1.165, 1.54) is 64.2 Å². The van der Waals surface area contributed by atoms with Crippen LogP contribution in [0, 0.1) is 5.53 Å². The standard InChI is InChI=1S/C12H23N.C4H6N4O3/c1-3-7-11(8-4-1)13-12-9-5-2-6-10-12;5-8-7-1-3(9)6-2-4(10)11/h11-13H,1-10H2;5H,1-2H2,(H-,6,9,10,11)/p+1. The van der Waals surface area contributed by atoms with Gasteiger partial charge in [0.2, 0.25) is 17.4 Å². The van der Waals surface area contributed by atoms with Gasteiger partial charge in [0, 0.05) is 12.1 Å². The summed E-state index contributed by atoms with van der Waals surface area (Å²) in [6.45, 7) is -0.747. The summed E-state index contributed by atoms with van der Waals surface area (Å²) >= 11 is 0. The normalized spacial score (nSPS) is 18.7. The molecule has 1 amide bonds. The zero-order valence-electron chi connectivity index (χ0n) is 14.3. The van der Waals surface area contributed by atoms with Crippen LogP contribution in [0.2, 0.25) is 0 Å². The van der Waals surface area contributed by atoms with E-state index >= 15 is 0 Å². The van der Waals surface area contributed by atoms with Crippen molar-refractivity contribution in [2.75, 3.05) is 13.1 Å². The van der Waals surface area contributed by atoms with Gasteiger partial charge in [-0.25, -0.2) is 0 Å². The Kier molecular flexibility index (Phi) is 10.6. The van der Waals surface area contributed by atoms with E-state index in [0.717, 1.165) is 12.1 Å². The molecule has 0 aromatic heterocycles. The average molecular weight is 340 g/mol. The summed E-state index contributed by atoms with van der Waals surface area (Å²) in [4.78, 5) is 22.9. The summed E-state index contributed by atoms with van der Waals surface area (Å²) in [5.74, 6) is -1.69. The maximum atomic E-state index is 10.5. The largest absolute Gasteiger partial charge is 0.480 e. The lowest BCUT2D eigenvalue weighted by molar-refractivity contribution is -0.137. The van der Waals surface area contributed by atoms with Gasteiger partial charge >= 0.3 is 5.97 Å². The Labute approximate surface area is 143 Å². The molecule has 0 unspecified atom stereocenters. The second-order valence-corrected chi connectivity index (χ2v) is 6.41. The minimum atomic E-state index is -1.12. The molecule has 2 fully saturated rings. The molecule has 0 saturated heterocycles. The van der Waals surface area contributed by atoms with Crippen molar-refractivity contribution in [3.63, 3.8) is 0 Å². The molecule has 2 aliphatic rings. The smallest absolute Gasteiger partial charge is 0.322 e. The maximum absolute atomic E-state index is 10.5. The van der Waals surface area contributed by atoms with Crippen LogP contribution in [0.1, 0.15) is 64.2 Å². The van der Waals surface area contributed by atoms with Gasteiger partial charge in [-0.05, 0) is 25.7 Å². The SMILES string of the molecule is C1CCC(NC2CCCCC2)CC1.N=[N+]=NCC(=O)NCC(=O)O. The monoisotopic (exact) mass is 340 g/mol.